The summed E-state index contributed by atoms with van der Waals surface area (Å²) in [4.78, 5) is 27.5. The number of benzene rings is 2. The molecule has 2 aromatic rings. The highest BCUT2D eigenvalue weighted by Gasteiger charge is 2.22. The van der Waals surface area contributed by atoms with Crippen LogP contribution >= 0.6 is 0 Å². The molecular weight excluding hydrogens is 304 g/mol. The number of piperazine rings is 1. The molecular formula is C19H19N2O3-. The summed E-state index contributed by atoms with van der Waals surface area (Å²) in [6.45, 7) is 4.80. The molecule has 0 radical (unpaired) electrons. The number of carbonyl (C=O) groups excluding carboxylic acids is 2. The van der Waals surface area contributed by atoms with Gasteiger partial charge in [-0.05, 0) is 36.8 Å². The fourth-order valence-electron chi connectivity index (χ4n) is 2.89. The van der Waals surface area contributed by atoms with Gasteiger partial charge in [0.05, 0.1) is 5.97 Å². The van der Waals surface area contributed by atoms with Crippen molar-refractivity contribution in [1.82, 2.24) is 4.90 Å². The quantitative estimate of drug-likeness (QED) is 0.855. The largest absolute Gasteiger partial charge is 0.545 e. The van der Waals surface area contributed by atoms with E-state index in [-0.39, 0.29) is 11.5 Å². The maximum absolute atomic E-state index is 12.6. The van der Waals surface area contributed by atoms with Crippen molar-refractivity contribution in [1.29, 1.82) is 0 Å². The molecule has 2 aromatic carbocycles. The average Bonchev–Trinajstić information content (AvgIpc) is 2.62. The Morgan fingerprint density at radius 2 is 1.54 bits per heavy atom. The number of aromatic carboxylic acids is 1. The standard InChI is InChI=1S/C19H20N2O3/c1-14-5-7-17(8-6-14)20-9-11-21(12-10-20)18(22)15-3-2-4-16(13-15)19(23)24/h2-8,13H,9-12H2,1H3,(H,23,24)/p-1. The fourth-order valence-corrected chi connectivity index (χ4v) is 2.89. The van der Waals surface area contributed by atoms with Gasteiger partial charge in [0.1, 0.15) is 0 Å². The molecule has 0 aromatic heterocycles. The molecule has 24 heavy (non-hydrogen) atoms. The second-order valence-corrected chi connectivity index (χ2v) is 5.98. The number of carbonyl (C=O) groups is 2. The number of hydrogen-bond donors (Lipinski definition) is 0. The van der Waals surface area contributed by atoms with E-state index in [0.717, 1.165) is 18.8 Å². The van der Waals surface area contributed by atoms with Crippen molar-refractivity contribution in [3.8, 4) is 0 Å². The molecule has 1 saturated heterocycles. The van der Waals surface area contributed by atoms with Crippen molar-refractivity contribution in [2.45, 2.75) is 6.92 Å². The van der Waals surface area contributed by atoms with Gasteiger partial charge in [-0.2, -0.15) is 0 Å². The Balaban J connectivity index is 1.66. The SMILES string of the molecule is Cc1ccc(N2CCN(C(=O)c3cccc(C(=O)[O-])c3)CC2)cc1. The molecule has 1 aliphatic heterocycles. The summed E-state index contributed by atoms with van der Waals surface area (Å²) < 4.78 is 0. The molecule has 1 heterocycles. The Morgan fingerprint density at radius 1 is 0.917 bits per heavy atom. The molecule has 0 bridgehead atoms. The highest BCUT2D eigenvalue weighted by atomic mass is 16.4. The number of carboxylic acids is 1. The van der Waals surface area contributed by atoms with E-state index >= 15 is 0 Å². The van der Waals surface area contributed by atoms with Gasteiger partial charge in [0.15, 0.2) is 0 Å². The molecule has 5 nitrogen and oxygen atoms in total. The van der Waals surface area contributed by atoms with Gasteiger partial charge in [-0.15, -0.1) is 0 Å². The lowest BCUT2D eigenvalue weighted by Gasteiger charge is -2.36. The van der Waals surface area contributed by atoms with Gasteiger partial charge in [0.25, 0.3) is 5.91 Å². The lowest BCUT2D eigenvalue weighted by Crippen LogP contribution is -2.48. The molecule has 0 spiro atoms. The maximum atomic E-state index is 12.6. The topological polar surface area (TPSA) is 63.7 Å². The minimum Gasteiger partial charge on any atom is -0.545 e. The van der Waals surface area contributed by atoms with Crippen LogP contribution in [0.15, 0.2) is 48.5 Å². The summed E-state index contributed by atoms with van der Waals surface area (Å²) in [6.07, 6.45) is 0. The first kappa shape index (κ1) is 16.1. The second kappa shape index (κ2) is 6.74. The molecule has 5 heteroatoms. The van der Waals surface area contributed by atoms with Gasteiger partial charge in [-0.25, -0.2) is 0 Å². The van der Waals surface area contributed by atoms with Gasteiger partial charge in [-0.1, -0.05) is 29.8 Å². The Hall–Kier alpha value is -2.82. The summed E-state index contributed by atoms with van der Waals surface area (Å²) in [5.41, 5.74) is 2.80. The normalized spacial score (nSPS) is 14.5. The smallest absolute Gasteiger partial charge is 0.253 e. The molecule has 0 aliphatic carbocycles. The van der Waals surface area contributed by atoms with Crippen molar-refractivity contribution in [3.63, 3.8) is 0 Å². The van der Waals surface area contributed by atoms with Gasteiger partial charge >= 0.3 is 0 Å². The molecule has 0 unspecified atom stereocenters. The van der Waals surface area contributed by atoms with E-state index in [9.17, 15) is 14.7 Å². The van der Waals surface area contributed by atoms with Crippen LogP contribution in [0.4, 0.5) is 5.69 Å². The lowest BCUT2D eigenvalue weighted by molar-refractivity contribution is -0.255. The van der Waals surface area contributed by atoms with Crippen LogP contribution in [0.2, 0.25) is 0 Å². The van der Waals surface area contributed by atoms with Crippen LogP contribution in [0.1, 0.15) is 26.3 Å². The summed E-state index contributed by atoms with van der Waals surface area (Å²) in [5.74, 6) is -1.41. The molecule has 1 amide bonds. The number of rotatable bonds is 3. The number of hydrogen-bond acceptors (Lipinski definition) is 4. The predicted octanol–water partition coefficient (Wildman–Crippen LogP) is 1.32. The monoisotopic (exact) mass is 323 g/mol. The van der Waals surface area contributed by atoms with Crippen molar-refractivity contribution in [3.05, 3.63) is 65.2 Å². The minimum absolute atomic E-state index is 0.0270. The molecule has 1 aliphatic rings. The van der Waals surface area contributed by atoms with Crippen molar-refractivity contribution in [2.24, 2.45) is 0 Å². The van der Waals surface area contributed by atoms with E-state index in [2.05, 4.69) is 36.1 Å². The van der Waals surface area contributed by atoms with Crippen LogP contribution < -0.4 is 10.0 Å². The first-order valence-corrected chi connectivity index (χ1v) is 7.97. The Morgan fingerprint density at radius 3 is 2.17 bits per heavy atom. The first-order valence-electron chi connectivity index (χ1n) is 7.97. The van der Waals surface area contributed by atoms with Crippen molar-refractivity contribution < 1.29 is 14.7 Å². The van der Waals surface area contributed by atoms with Crippen molar-refractivity contribution >= 4 is 17.6 Å². The van der Waals surface area contributed by atoms with Gasteiger partial charge in [-0.3, -0.25) is 4.79 Å². The number of carboxylic acid groups (broad SMARTS) is 1. The van der Waals surface area contributed by atoms with Crippen LogP contribution in [0.5, 0.6) is 0 Å². The van der Waals surface area contributed by atoms with Crippen LogP contribution in [0.3, 0.4) is 0 Å². The zero-order chi connectivity index (χ0) is 17.1. The third-order valence-corrected chi connectivity index (χ3v) is 4.31. The maximum Gasteiger partial charge on any atom is 0.253 e. The molecule has 1 fully saturated rings. The van der Waals surface area contributed by atoms with E-state index in [1.165, 1.54) is 17.7 Å². The van der Waals surface area contributed by atoms with Crippen LogP contribution in [0.25, 0.3) is 0 Å². The van der Waals surface area contributed by atoms with Gasteiger partial charge in [0.2, 0.25) is 0 Å². The lowest BCUT2D eigenvalue weighted by atomic mass is 10.1. The highest BCUT2D eigenvalue weighted by molar-refractivity contribution is 5.97. The second-order valence-electron chi connectivity index (χ2n) is 5.98. The minimum atomic E-state index is -1.27. The summed E-state index contributed by atoms with van der Waals surface area (Å²) >= 11 is 0. The van der Waals surface area contributed by atoms with E-state index in [1.807, 2.05) is 0 Å². The molecule has 124 valence electrons. The van der Waals surface area contributed by atoms with E-state index in [4.69, 9.17) is 0 Å². The Bertz CT molecular complexity index is 747. The number of aryl methyl sites for hydroxylation is 1. The fraction of sp³-hybridized carbons (Fsp3) is 0.263. The number of amides is 1. The third-order valence-electron chi connectivity index (χ3n) is 4.31. The molecule has 0 atom stereocenters. The average molecular weight is 323 g/mol. The molecule has 0 saturated carbocycles. The van der Waals surface area contributed by atoms with E-state index < -0.39 is 5.97 Å². The summed E-state index contributed by atoms with van der Waals surface area (Å²) in [5, 5.41) is 10.9. The Labute approximate surface area is 141 Å². The van der Waals surface area contributed by atoms with E-state index in [1.54, 1.807) is 17.0 Å². The number of anilines is 1. The van der Waals surface area contributed by atoms with Crippen LogP contribution in [-0.2, 0) is 0 Å². The highest BCUT2D eigenvalue weighted by Crippen LogP contribution is 2.18. The Kier molecular flexibility index (Phi) is 4.51. The number of nitrogens with zero attached hydrogens (tertiary/aromatic N) is 2. The first-order chi connectivity index (χ1) is 11.5. The third kappa shape index (κ3) is 3.40. The van der Waals surface area contributed by atoms with Gasteiger partial charge < -0.3 is 19.7 Å². The van der Waals surface area contributed by atoms with E-state index in [0.29, 0.717) is 18.7 Å². The summed E-state index contributed by atoms with van der Waals surface area (Å²) in [6, 6.07) is 14.4. The molecule has 0 N–H and O–H groups in total. The van der Waals surface area contributed by atoms with Crippen LogP contribution in [-0.4, -0.2) is 43.0 Å². The molecule has 3 rings (SSSR count). The zero-order valence-corrected chi connectivity index (χ0v) is 13.6. The summed E-state index contributed by atoms with van der Waals surface area (Å²) in [7, 11) is 0. The van der Waals surface area contributed by atoms with Crippen LogP contribution in [0, 0.1) is 6.92 Å². The zero-order valence-electron chi connectivity index (χ0n) is 13.6. The van der Waals surface area contributed by atoms with Gasteiger partial charge in [0, 0.05) is 37.4 Å². The van der Waals surface area contributed by atoms with Crippen molar-refractivity contribution in [2.75, 3.05) is 31.1 Å². The predicted molar refractivity (Wildman–Crippen MR) is 90.1 cm³/mol.